The second-order valence-corrected chi connectivity index (χ2v) is 7.96. The summed E-state index contributed by atoms with van der Waals surface area (Å²) in [5.74, 6) is 0.684. The number of ether oxygens (including phenoxy) is 2. The Morgan fingerprint density at radius 2 is 2.05 bits per heavy atom. The molecule has 1 saturated heterocycles. The first-order chi connectivity index (χ1) is 9.68. The summed E-state index contributed by atoms with van der Waals surface area (Å²) in [6.07, 6.45) is -0.104. The van der Waals surface area contributed by atoms with E-state index in [1.165, 1.54) is 4.31 Å². The van der Waals surface area contributed by atoms with Gasteiger partial charge in [0, 0.05) is 6.54 Å². The van der Waals surface area contributed by atoms with Crippen LogP contribution in [0.1, 0.15) is 26.3 Å². The molecule has 0 aromatic heterocycles. The van der Waals surface area contributed by atoms with Gasteiger partial charge in [-0.1, -0.05) is 0 Å². The van der Waals surface area contributed by atoms with Crippen LogP contribution >= 0.6 is 0 Å². The van der Waals surface area contributed by atoms with Gasteiger partial charge in [0.15, 0.2) is 0 Å². The van der Waals surface area contributed by atoms with E-state index in [0.717, 1.165) is 5.56 Å². The third-order valence-corrected chi connectivity index (χ3v) is 5.85. The average molecular weight is 313 g/mol. The Hall–Kier alpha value is -1.11. The summed E-state index contributed by atoms with van der Waals surface area (Å²) in [4.78, 5) is 0.294. The van der Waals surface area contributed by atoms with Crippen LogP contribution in [0.4, 0.5) is 0 Å². The first kappa shape index (κ1) is 16.3. The van der Waals surface area contributed by atoms with Gasteiger partial charge in [0.25, 0.3) is 0 Å². The van der Waals surface area contributed by atoms with E-state index in [2.05, 4.69) is 0 Å². The lowest BCUT2D eigenvalue weighted by Crippen LogP contribution is -2.57. The Bertz CT molecular complexity index is 625. The van der Waals surface area contributed by atoms with Gasteiger partial charge < -0.3 is 9.47 Å². The van der Waals surface area contributed by atoms with Crippen LogP contribution < -0.4 is 4.74 Å². The molecule has 1 atom stereocenters. The molecule has 0 saturated carbocycles. The van der Waals surface area contributed by atoms with Crippen molar-refractivity contribution in [3.05, 3.63) is 23.8 Å². The standard InChI is InChI=1S/C15H23NO4S/c1-11-8-13(6-7-14(11)19-5)21(17,18)16-9-12(2)20-10-15(16,3)4/h6-8,12H,9-10H2,1-5H3. The van der Waals surface area contributed by atoms with E-state index in [0.29, 0.717) is 23.8 Å². The number of hydrogen-bond acceptors (Lipinski definition) is 4. The Morgan fingerprint density at radius 1 is 1.38 bits per heavy atom. The van der Waals surface area contributed by atoms with Crippen molar-refractivity contribution in [2.75, 3.05) is 20.3 Å². The Kier molecular flexibility index (Phi) is 4.33. The summed E-state index contributed by atoms with van der Waals surface area (Å²) < 4.78 is 38.2. The molecule has 6 heteroatoms. The topological polar surface area (TPSA) is 55.8 Å². The summed E-state index contributed by atoms with van der Waals surface area (Å²) in [6.45, 7) is 8.24. The number of methoxy groups -OCH3 is 1. The number of aryl methyl sites for hydroxylation is 1. The molecule has 1 aliphatic heterocycles. The maximum atomic E-state index is 12.9. The van der Waals surface area contributed by atoms with Crippen molar-refractivity contribution in [3.8, 4) is 5.75 Å². The van der Waals surface area contributed by atoms with Gasteiger partial charge in [0.2, 0.25) is 10.0 Å². The monoisotopic (exact) mass is 313 g/mol. The number of nitrogens with zero attached hydrogens (tertiary/aromatic N) is 1. The van der Waals surface area contributed by atoms with E-state index in [1.54, 1.807) is 25.3 Å². The highest BCUT2D eigenvalue weighted by atomic mass is 32.2. The fourth-order valence-corrected chi connectivity index (χ4v) is 4.44. The molecule has 0 N–H and O–H groups in total. The molecule has 0 aliphatic carbocycles. The molecule has 1 aliphatic rings. The Morgan fingerprint density at radius 3 is 2.62 bits per heavy atom. The van der Waals surface area contributed by atoms with Crippen LogP contribution in [0.3, 0.4) is 0 Å². The highest BCUT2D eigenvalue weighted by Gasteiger charge is 2.41. The highest BCUT2D eigenvalue weighted by molar-refractivity contribution is 7.89. The van der Waals surface area contributed by atoms with E-state index in [9.17, 15) is 8.42 Å². The minimum absolute atomic E-state index is 0.104. The molecule has 1 aromatic carbocycles. The zero-order chi connectivity index (χ0) is 15.8. The first-order valence-electron chi connectivity index (χ1n) is 6.97. The lowest BCUT2D eigenvalue weighted by Gasteiger charge is -2.43. The van der Waals surface area contributed by atoms with Gasteiger partial charge in [-0.3, -0.25) is 0 Å². The van der Waals surface area contributed by atoms with Crippen molar-refractivity contribution in [2.24, 2.45) is 0 Å². The van der Waals surface area contributed by atoms with E-state index in [4.69, 9.17) is 9.47 Å². The molecule has 0 amide bonds. The van der Waals surface area contributed by atoms with Gasteiger partial charge in [-0.15, -0.1) is 0 Å². The lowest BCUT2D eigenvalue weighted by molar-refractivity contribution is -0.0551. The molecule has 1 aromatic rings. The predicted octanol–water partition coefficient (Wildman–Crippen LogP) is 2.19. The molecule has 1 fully saturated rings. The fourth-order valence-electron chi connectivity index (χ4n) is 2.51. The molecular formula is C15H23NO4S. The molecule has 0 bridgehead atoms. The average Bonchev–Trinajstić information content (AvgIpc) is 2.41. The first-order valence-corrected chi connectivity index (χ1v) is 8.41. The smallest absolute Gasteiger partial charge is 0.243 e. The summed E-state index contributed by atoms with van der Waals surface area (Å²) in [5.41, 5.74) is 0.247. The number of benzene rings is 1. The maximum Gasteiger partial charge on any atom is 0.243 e. The molecule has 118 valence electrons. The van der Waals surface area contributed by atoms with Crippen molar-refractivity contribution in [1.82, 2.24) is 4.31 Å². The summed E-state index contributed by atoms with van der Waals surface area (Å²) in [7, 11) is -1.98. The number of sulfonamides is 1. The fraction of sp³-hybridized carbons (Fsp3) is 0.600. The van der Waals surface area contributed by atoms with E-state index in [1.807, 2.05) is 27.7 Å². The van der Waals surface area contributed by atoms with Crippen LogP contribution in [0.15, 0.2) is 23.1 Å². The minimum Gasteiger partial charge on any atom is -0.496 e. The number of rotatable bonds is 3. The zero-order valence-electron chi connectivity index (χ0n) is 13.2. The normalized spacial score (nSPS) is 23.0. The summed E-state index contributed by atoms with van der Waals surface area (Å²) in [6, 6.07) is 4.95. The Balaban J connectivity index is 2.43. The van der Waals surface area contributed by atoms with E-state index < -0.39 is 15.6 Å². The van der Waals surface area contributed by atoms with Crippen molar-refractivity contribution in [2.45, 2.75) is 44.2 Å². The van der Waals surface area contributed by atoms with Crippen molar-refractivity contribution in [1.29, 1.82) is 0 Å². The third-order valence-electron chi connectivity index (χ3n) is 3.77. The zero-order valence-corrected chi connectivity index (χ0v) is 14.0. The van der Waals surface area contributed by atoms with Gasteiger partial charge in [0.05, 0.1) is 30.3 Å². The van der Waals surface area contributed by atoms with E-state index >= 15 is 0 Å². The van der Waals surface area contributed by atoms with Crippen LogP contribution in [-0.2, 0) is 14.8 Å². The number of morpholine rings is 1. The minimum atomic E-state index is -3.55. The Labute approximate surface area is 126 Å². The summed E-state index contributed by atoms with van der Waals surface area (Å²) >= 11 is 0. The molecular weight excluding hydrogens is 290 g/mol. The summed E-state index contributed by atoms with van der Waals surface area (Å²) in [5, 5.41) is 0. The van der Waals surface area contributed by atoms with Crippen molar-refractivity contribution >= 4 is 10.0 Å². The largest absolute Gasteiger partial charge is 0.496 e. The van der Waals surface area contributed by atoms with E-state index in [-0.39, 0.29) is 6.10 Å². The molecule has 2 rings (SSSR count). The van der Waals surface area contributed by atoms with Gasteiger partial charge in [-0.2, -0.15) is 4.31 Å². The van der Waals surface area contributed by atoms with Gasteiger partial charge in [-0.05, 0) is 51.5 Å². The molecule has 1 heterocycles. The van der Waals surface area contributed by atoms with Crippen LogP contribution in [0.5, 0.6) is 5.75 Å². The second-order valence-electron chi connectivity index (χ2n) is 6.10. The van der Waals surface area contributed by atoms with Crippen LogP contribution in [0.2, 0.25) is 0 Å². The van der Waals surface area contributed by atoms with Crippen LogP contribution in [0, 0.1) is 6.92 Å². The van der Waals surface area contributed by atoms with Gasteiger partial charge >= 0.3 is 0 Å². The van der Waals surface area contributed by atoms with Gasteiger partial charge in [-0.25, -0.2) is 8.42 Å². The third kappa shape index (κ3) is 3.07. The molecule has 5 nitrogen and oxygen atoms in total. The van der Waals surface area contributed by atoms with Gasteiger partial charge in [0.1, 0.15) is 5.75 Å². The van der Waals surface area contributed by atoms with Crippen molar-refractivity contribution < 1.29 is 17.9 Å². The molecule has 21 heavy (non-hydrogen) atoms. The number of hydrogen-bond donors (Lipinski definition) is 0. The molecule has 0 spiro atoms. The SMILES string of the molecule is COc1ccc(S(=O)(=O)N2CC(C)OCC2(C)C)cc1C. The van der Waals surface area contributed by atoms with Crippen LogP contribution in [0.25, 0.3) is 0 Å². The lowest BCUT2D eigenvalue weighted by atomic mass is 10.1. The quantitative estimate of drug-likeness (QED) is 0.858. The molecule has 1 unspecified atom stereocenters. The maximum absolute atomic E-state index is 12.9. The van der Waals surface area contributed by atoms with Crippen molar-refractivity contribution in [3.63, 3.8) is 0 Å². The predicted molar refractivity (Wildman–Crippen MR) is 81.1 cm³/mol. The second kappa shape index (κ2) is 5.59. The highest BCUT2D eigenvalue weighted by Crippen LogP contribution is 2.31. The molecule has 0 radical (unpaired) electrons. The van der Waals surface area contributed by atoms with Crippen LogP contribution in [-0.4, -0.2) is 44.6 Å².